The number of rotatable bonds is 6. The van der Waals surface area contributed by atoms with Crippen molar-refractivity contribution >= 4 is 34.8 Å². The van der Waals surface area contributed by atoms with Crippen LogP contribution in [0.1, 0.15) is 44.2 Å². The van der Waals surface area contributed by atoms with Crippen molar-refractivity contribution in [1.29, 1.82) is 0 Å². The maximum Gasteiger partial charge on any atom is 0.255 e. The molecule has 1 aromatic rings. The number of hydrogen-bond donors (Lipinski definition) is 8. The fourth-order valence-electron chi connectivity index (χ4n) is 6.56. The third kappa shape index (κ3) is 4.31. The molecule has 1 saturated carbocycles. The number of anilines is 1. The SMILES string of the molecule is CC(C)C[C@H](N)C(=O)Nc1ccc2c(c1O)C(O)=C1C(=O)[C@]3(O)C(O)=C(C(N)=O)C(=O)[C@@H](N(C)C)[C@@H]3[C@@H](O)C1[C@H]2C. The summed E-state index contributed by atoms with van der Waals surface area (Å²) in [5, 5.41) is 59.4. The average Bonchev–Trinajstić information content (AvgIpc) is 2.86. The molecule has 0 radical (unpaired) electrons. The van der Waals surface area contributed by atoms with Gasteiger partial charge >= 0.3 is 0 Å². The minimum atomic E-state index is -3.01. The predicted octanol–water partition coefficient (Wildman–Crippen LogP) is -0.192. The molecule has 222 valence electrons. The highest BCUT2D eigenvalue weighted by Crippen LogP contribution is 2.56. The van der Waals surface area contributed by atoms with Gasteiger partial charge in [0.1, 0.15) is 22.8 Å². The van der Waals surface area contributed by atoms with Crippen LogP contribution in [0.5, 0.6) is 5.75 Å². The molecule has 13 nitrogen and oxygen atoms in total. The van der Waals surface area contributed by atoms with Crippen molar-refractivity contribution in [3.63, 3.8) is 0 Å². The van der Waals surface area contributed by atoms with Gasteiger partial charge in [-0.2, -0.15) is 0 Å². The quantitative estimate of drug-likeness (QED) is 0.164. The lowest BCUT2D eigenvalue weighted by Gasteiger charge is -2.53. The van der Waals surface area contributed by atoms with E-state index >= 15 is 0 Å². The molecule has 3 aliphatic rings. The Balaban J connectivity index is 1.91. The predicted molar refractivity (Wildman–Crippen MR) is 146 cm³/mol. The van der Waals surface area contributed by atoms with E-state index in [4.69, 9.17) is 11.5 Å². The second kappa shape index (κ2) is 10.2. The number of aliphatic hydroxyl groups excluding tert-OH is 3. The van der Waals surface area contributed by atoms with Crippen molar-refractivity contribution < 1.29 is 44.7 Å². The number of aromatic hydroxyl groups is 1. The fraction of sp³-hybridized carbons (Fsp3) is 0.500. The average molecular weight is 573 g/mol. The van der Waals surface area contributed by atoms with Gasteiger partial charge in [-0.25, -0.2) is 0 Å². The lowest BCUT2D eigenvalue weighted by molar-refractivity contribution is -0.169. The topological polar surface area (TPSA) is 237 Å². The van der Waals surface area contributed by atoms with E-state index in [0.29, 0.717) is 12.0 Å². The zero-order chi connectivity index (χ0) is 30.9. The largest absolute Gasteiger partial charge is 0.508 e. The highest BCUT2D eigenvalue weighted by Gasteiger charge is 2.68. The van der Waals surface area contributed by atoms with Gasteiger partial charge in [0.25, 0.3) is 5.91 Å². The Bertz CT molecular complexity index is 1420. The molecule has 0 saturated heterocycles. The Kier molecular flexibility index (Phi) is 7.54. The molecule has 0 aliphatic heterocycles. The highest BCUT2D eigenvalue weighted by atomic mass is 16.4. The van der Waals surface area contributed by atoms with Gasteiger partial charge in [0.15, 0.2) is 11.4 Å². The summed E-state index contributed by atoms with van der Waals surface area (Å²) in [5.41, 5.74) is 6.75. The summed E-state index contributed by atoms with van der Waals surface area (Å²) < 4.78 is 0. The molecule has 13 heteroatoms. The number of hydrogen-bond acceptors (Lipinski definition) is 11. The van der Waals surface area contributed by atoms with E-state index in [1.165, 1.54) is 31.1 Å². The van der Waals surface area contributed by atoms with Crippen LogP contribution in [0.25, 0.3) is 5.76 Å². The normalized spacial score (nSPS) is 30.2. The summed E-state index contributed by atoms with van der Waals surface area (Å²) in [6, 6.07) is 0.591. The first kappa shape index (κ1) is 30.2. The molecule has 7 atom stereocenters. The number of Topliss-reactive ketones (excluding diaryl/α,β-unsaturated/α-hetero) is 2. The molecule has 10 N–H and O–H groups in total. The van der Waals surface area contributed by atoms with E-state index in [0.717, 1.165) is 0 Å². The van der Waals surface area contributed by atoms with Crippen LogP contribution in [-0.4, -0.2) is 91.7 Å². The summed E-state index contributed by atoms with van der Waals surface area (Å²) in [7, 11) is 2.87. The summed E-state index contributed by atoms with van der Waals surface area (Å²) in [5.74, 6) is -10.4. The van der Waals surface area contributed by atoms with Crippen molar-refractivity contribution in [3.8, 4) is 5.75 Å². The molecule has 41 heavy (non-hydrogen) atoms. The summed E-state index contributed by atoms with van der Waals surface area (Å²) in [6.07, 6.45) is -1.32. The highest BCUT2D eigenvalue weighted by molar-refractivity contribution is 6.24. The summed E-state index contributed by atoms with van der Waals surface area (Å²) in [6.45, 7) is 5.40. The third-order valence-corrected chi connectivity index (χ3v) is 8.45. The van der Waals surface area contributed by atoms with Gasteiger partial charge < -0.3 is 42.3 Å². The molecular weight excluding hydrogens is 536 g/mol. The molecule has 0 bridgehead atoms. The number of phenols is 1. The molecular formula is C28H36N4O9. The number of phenolic OH excluding ortho intramolecular Hbond substituents is 1. The van der Waals surface area contributed by atoms with Crippen LogP contribution < -0.4 is 16.8 Å². The Morgan fingerprint density at radius 3 is 2.29 bits per heavy atom. The number of likely N-dealkylation sites (N-methyl/N-ethyl adjacent to an activating group) is 1. The molecule has 4 rings (SSSR count). The van der Waals surface area contributed by atoms with Crippen LogP contribution in [0.2, 0.25) is 0 Å². The van der Waals surface area contributed by atoms with Crippen molar-refractivity contribution in [2.24, 2.45) is 29.2 Å². The molecule has 2 amide bonds. The zero-order valence-corrected chi connectivity index (χ0v) is 23.4. The molecule has 1 aromatic carbocycles. The Morgan fingerprint density at radius 1 is 1.15 bits per heavy atom. The number of benzene rings is 1. The van der Waals surface area contributed by atoms with Gasteiger partial charge in [-0.05, 0) is 44.0 Å². The smallest absolute Gasteiger partial charge is 0.255 e. The van der Waals surface area contributed by atoms with E-state index < -0.39 is 93.3 Å². The standard InChI is InChI=1S/C28H36N4O9/c1-9(2)8-12(29)27(40)31-13-7-6-11-10(3)14-16(21(34)15(11)20(13)33)24(37)28(41)18(22(14)35)19(32(4)5)23(36)17(25(28)38)26(30)39/h6-7,9-10,12,14,18-19,22,33-35,38,41H,8,29H2,1-5H3,(H2,30,39)(H,31,40)/t10-,12-,14?,18+,19-,22-,28-/m0/s1. The lowest BCUT2D eigenvalue weighted by Crippen LogP contribution is -2.70. The first-order chi connectivity index (χ1) is 19.0. The number of ketones is 2. The molecule has 3 aliphatic carbocycles. The monoisotopic (exact) mass is 572 g/mol. The second-order valence-electron chi connectivity index (χ2n) is 11.7. The first-order valence-corrected chi connectivity index (χ1v) is 13.2. The van der Waals surface area contributed by atoms with Gasteiger partial charge in [0.2, 0.25) is 11.7 Å². The van der Waals surface area contributed by atoms with Gasteiger partial charge in [-0.3, -0.25) is 24.1 Å². The van der Waals surface area contributed by atoms with Gasteiger partial charge in [-0.15, -0.1) is 0 Å². The fourth-order valence-corrected chi connectivity index (χ4v) is 6.56. The Morgan fingerprint density at radius 2 is 1.76 bits per heavy atom. The molecule has 0 heterocycles. The number of fused-ring (bicyclic) bond motifs is 3. The number of carbonyl (C=O) groups excluding carboxylic acids is 4. The van der Waals surface area contributed by atoms with Crippen LogP contribution in [0.15, 0.2) is 29.0 Å². The number of nitrogens with two attached hydrogens (primary N) is 2. The van der Waals surface area contributed by atoms with Crippen molar-refractivity contribution in [1.82, 2.24) is 4.90 Å². The maximum absolute atomic E-state index is 14.0. The zero-order valence-electron chi connectivity index (χ0n) is 23.4. The first-order valence-electron chi connectivity index (χ1n) is 13.2. The summed E-state index contributed by atoms with van der Waals surface area (Å²) >= 11 is 0. The maximum atomic E-state index is 14.0. The van der Waals surface area contributed by atoms with E-state index in [-0.39, 0.29) is 17.2 Å². The van der Waals surface area contributed by atoms with Gasteiger partial charge in [-0.1, -0.05) is 26.8 Å². The van der Waals surface area contributed by atoms with Crippen molar-refractivity contribution in [3.05, 3.63) is 40.2 Å². The van der Waals surface area contributed by atoms with E-state index in [2.05, 4.69) is 5.32 Å². The summed E-state index contributed by atoms with van der Waals surface area (Å²) in [4.78, 5) is 53.3. The molecule has 1 unspecified atom stereocenters. The third-order valence-electron chi connectivity index (χ3n) is 8.45. The molecule has 1 fully saturated rings. The van der Waals surface area contributed by atoms with Crippen LogP contribution in [0.4, 0.5) is 5.69 Å². The number of nitrogens with zero attached hydrogens (tertiary/aromatic N) is 1. The number of primary amides is 1. The van der Waals surface area contributed by atoms with E-state index in [1.807, 2.05) is 13.8 Å². The molecule has 0 spiro atoms. The number of nitrogens with one attached hydrogen (secondary N) is 1. The lowest BCUT2D eigenvalue weighted by atomic mass is 9.54. The minimum absolute atomic E-state index is 0.0964. The second-order valence-corrected chi connectivity index (χ2v) is 11.7. The van der Waals surface area contributed by atoms with E-state index in [1.54, 1.807) is 6.92 Å². The molecule has 0 aromatic heterocycles. The van der Waals surface area contributed by atoms with Crippen LogP contribution >= 0.6 is 0 Å². The van der Waals surface area contributed by atoms with Gasteiger partial charge in [0.05, 0.1) is 35.4 Å². The van der Waals surface area contributed by atoms with Crippen molar-refractivity contribution in [2.75, 3.05) is 19.4 Å². The number of amides is 2. The van der Waals surface area contributed by atoms with Crippen LogP contribution in [0, 0.1) is 17.8 Å². The van der Waals surface area contributed by atoms with Crippen LogP contribution in [0.3, 0.4) is 0 Å². The van der Waals surface area contributed by atoms with E-state index in [9.17, 15) is 44.7 Å². The Hall–Kier alpha value is -3.78. The van der Waals surface area contributed by atoms with Crippen LogP contribution in [-0.2, 0) is 19.2 Å². The number of aliphatic hydroxyl groups is 4. The van der Waals surface area contributed by atoms with Gasteiger partial charge in [0, 0.05) is 11.5 Å². The van der Waals surface area contributed by atoms with Crippen molar-refractivity contribution in [2.45, 2.75) is 56.9 Å². The Labute approximate surface area is 236 Å². The number of carbonyl (C=O) groups is 4. The minimum Gasteiger partial charge on any atom is -0.508 e.